The van der Waals surface area contributed by atoms with E-state index in [1.807, 2.05) is 27.7 Å². The van der Waals surface area contributed by atoms with Gasteiger partial charge in [0, 0.05) is 18.8 Å². The summed E-state index contributed by atoms with van der Waals surface area (Å²) in [7, 11) is -3.49. The monoisotopic (exact) mass is 271 g/mol. The number of nitrogens with zero attached hydrogens (tertiary/aromatic N) is 1. The molecule has 0 aliphatic carbocycles. The smallest absolute Gasteiger partial charge is 0.301 e. The quantitative estimate of drug-likeness (QED) is 0.803. The maximum absolute atomic E-state index is 12.1. The molecule has 0 heterocycles. The molecular weight excluding hydrogens is 250 g/mol. The van der Waals surface area contributed by atoms with Gasteiger partial charge in [0.2, 0.25) is 0 Å². The minimum Gasteiger partial charge on any atom is -0.399 e. The summed E-state index contributed by atoms with van der Waals surface area (Å²) in [6.45, 7) is 8.18. The van der Waals surface area contributed by atoms with Crippen LogP contribution in [0.1, 0.15) is 25.0 Å². The lowest BCUT2D eigenvalue weighted by Gasteiger charge is -2.21. The molecule has 0 atom stereocenters. The molecule has 5 nitrogen and oxygen atoms in total. The van der Waals surface area contributed by atoms with Crippen LogP contribution < -0.4 is 10.5 Å². The second kappa shape index (κ2) is 5.58. The fraction of sp³-hybridized carbons (Fsp3) is 0.500. The van der Waals surface area contributed by atoms with Gasteiger partial charge < -0.3 is 5.73 Å². The second-order valence-electron chi connectivity index (χ2n) is 4.22. The van der Waals surface area contributed by atoms with E-state index < -0.39 is 10.2 Å². The minimum atomic E-state index is -3.49. The molecule has 0 bridgehead atoms. The van der Waals surface area contributed by atoms with Gasteiger partial charge in [0.1, 0.15) is 0 Å². The molecule has 0 amide bonds. The van der Waals surface area contributed by atoms with Crippen LogP contribution in [0.5, 0.6) is 0 Å². The van der Waals surface area contributed by atoms with Crippen molar-refractivity contribution in [3.05, 3.63) is 23.3 Å². The lowest BCUT2D eigenvalue weighted by Crippen LogP contribution is -2.35. The Bertz CT molecular complexity index is 499. The van der Waals surface area contributed by atoms with E-state index in [0.717, 1.165) is 11.1 Å². The van der Waals surface area contributed by atoms with Crippen molar-refractivity contribution in [3.8, 4) is 0 Å². The van der Waals surface area contributed by atoms with Gasteiger partial charge >= 0.3 is 10.2 Å². The van der Waals surface area contributed by atoms with Crippen LogP contribution in [0.2, 0.25) is 0 Å². The molecule has 0 aromatic heterocycles. The van der Waals surface area contributed by atoms with Crippen molar-refractivity contribution < 1.29 is 8.42 Å². The number of benzene rings is 1. The highest BCUT2D eigenvalue weighted by molar-refractivity contribution is 7.90. The average molecular weight is 271 g/mol. The van der Waals surface area contributed by atoms with E-state index in [-0.39, 0.29) is 0 Å². The standard InChI is InChI=1S/C12H21N3O2S/c1-5-15(6-2)18(16,17)14-12-9(3)7-11(13)8-10(12)4/h7-8,14H,5-6,13H2,1-4H3. The van der Waals surface area contributed by atoms with Crippen molar-refractivity contribution in [3.63, 3.8) is 0 Å². The maximum atomic E-state index is 12.1. The normalized spacial score (nSPS) is 11.8. The van der Waals surface area contributed by atoms with E-state index in [0.29, 0.717) is 24.5 Å². The number of aryl methyl sites for hydroxylation is 2. The van der Waals surface area contributed by atoms with Crippen LogP contribution in [0.25, 0.3) is 0 Å². The number of rotatable bonds is 5. The van der Waals surface area contributed by atoms with Crippen LogP contribution in [0, 0.1) is 13.8 Å². The van der Waals surface area contributed by atoms with Gasteiger partial charge in [-0.05, 0) is 37.1 Å². The molecule has 0 saturated heterocycles. The molecule has 0 aliphatic rings. The largest absolute Gasteiger partial charge is 0.399 e. The molecule has 0 spiro atoms. The zero-order valence-corrected chi connectivity index (χ0v) is 12.1. The van der Waals surface area contributed by atoms with Crippen LogP contribution in [0.3, 0.4) is 0 Å². The van der Waals surface area contributed by atoms with Crippen LogP contribution in [0.4, 0.5) is 11.4 Å². The Labute approximate surface area is 109 Å². The summed E-state index contributed by atoms with van der Waals surface area (Å²) in [6, 6.07) is 3.51. The third-order valence-corrected chi connectivity index (χ3v) is 4.49. The van der Waals surface area contributed by atoms with Crippen LogP contribution in [-0.4, -0.2) is 25.8 Å². The van der Waals surface area contributed by atoms with E-state index in [4.69, 9.17) is 5.73 Å². The van der Waals surface area contributed by atoms with Gasteiger partial charge in [-0.15, -0.1) is 0 Å². The summed E-state index contributed by atoms with van der Waals surface area (Å²) in [5.41, 5.74) is 8.60. The van der Waals surface area contributed by atoms with Gasteiger partial charge in [-0.2, -0.15) is 12.7 Å². The molecular formula is C12H21N3O2S. The third-order valence-electron chi connectivity index (χ3n) is 2.83. The maximum Gasteiger partial charge on any atom is 0.301 e. The van der Waals surface area contributed by atoms with Crippen molar-refractivity contribution in [1.82, 2.24) is 4.31 Å². The Morgan fingerprint density at radius 1 is 1.17 bits per heavy atom. The van der Waals surface area contributed by atoms with E-state index >= 15 is 0 Å². The van der Waals surface area contributed by atoms with Crippen molar-refractivity contribution >= 4 is 21.6 Å². The van der Waals surface area contributed by atoms with Gasteiger partial charge in [-0.25, -0.2) is 0 Å². The Balaban J connectivity index is 3.12. The van der Waals surface area contributed by atoms with E-state index in [1.54, 1.807) is 12.1 Å². The van der Waals surface area contributed by atoms with Crippen molar-refractivity contribution in [2.24, 2.45) is 0 Å². The summed E-state index contributed by atoms with van der Waals surface area (Å²) in [5, 5.41) is 0. The molecule has 1 aromatic rings. The number of nitrogen functional groups attached to an aromatic ring is 1. The van der Waals surface area contributed by atoms with Crippen LogP contribution in [-0.2, 0) is 10.2 Å². The number of hydrogen-bond acceptors (Lipinski definition) is 3. The first-order valence-corrected chi connectivity index (χ1v) is 7.40. The molecule has 1 aromatic carbocycles. The van der Waals surface area contributed by atoms with Gasteiger partial charge in [-0.3, -0.25) is 4.72 Å². The minimum absolute atomic E-state index is 0.443. The third kappa shape index (κ3) is 3.14. The number of nitrogens with two attached hydrogens (primary N) is 1. The summed E-state index contributed by atoms with van der Waals surface area (Å²) >= 11 is 0. The van der Waals surface area contributed by atoms with Crippen molar-refractivity contribution in [2.75, 3.05) is 23.5 Å². The first-order valence-electron chi connectivity index (χ1n) is 5.96. The molecule has 0 radical (unpaired) electrons. The summed E-state index contributed by atoms with van der Waals surface area (Å²) in [6.07, 6.45) is 0. The predicted octanol–water partition coefficient (Wildman–Crippen LogP) is 1.88. The topological polar surface area (TPSA) is 75.4 Å². The molecule has 18 heavy (non-hydrogen) atoms. The molecule has 1 rings (SSSR count). The fourth-order valence-corrected chi connectivity index (χ4v) is 3.30. The van der Waals surface area contributed by atoms with Crippen LogP contribution >= 0.6 is 0 Å². The SMILES string of the molecule is CCN(CC)S(=O)(=O)Nc1c(C)cc(N)cc1C. The first kappa shape index (κ1) is 14.8. The Morgan fingerprint density at radius 3 is 2.00 bits per heavy atom. The van der Waals surface area contributed by atoms with Gasteiger partial charge in [0.15, 0.2) is 0 Å². The zero-order valence-electron chi connectivity index (χ0n) is 11.3. The molecule has 102 valence electrons. The average Bonchev–Trinajstić information content (AvgIpc) is 2.24. The highest BCUT2D eigenvalue weighted by atomic mass is 32.2. The fourth-order valence-electron chi connectivity index (χ4n) is 1.92. The number of hydrogen-bond donors (Lipinski definition) is 2. The second-order valence-corrected chi connectivity index (χ2v) is 5.89. The summed E-state index contributed by atoms with van der Waals surface area (Å²) in [5.74, 6) is 0. The predicted molar refractivity (Wildman–Crippen MR) is 75.8 cm³/mol. The summed E-state index contributed by atoms with van der Waals surface area (Å²) in [4.78, 5) is 0. The number of nitrogens with one attached hydrogen (secondary N) is 1. The van der Waals surface area contributed by atoms with Gasteiger partial charge in [-0.1, -0.05) is 13.8 Å². The molecule has 6 heteroatoms. The van der Waals surface area contributed by atoms with E-state index in [1.165, 1.54) is 4.31 Å². The molecule has 0 aliphatic heterocycles. The number of anilines is 2. The van der Waals surface area contributed by atoms with Gasteiger partial charge in [0.05, 0.1) is 5.69 Å². The molecule has 3 N–H and O–H groups in total. The Kier molecular flexibility index (Phi) is 4.59. The van der Waals surface area contributed by atoms with Crippen molar-refractivity contribution in [2.45, 2.75) is 27.7 Å². The lowest BCUT2D eigenvalue weighted by atomic mass is 10.1. The highest BCUT2D eigenvalue weighted by Gasteiger charge is 2.20. The van der Waals surface area contributed by atoms with Crippen LogP contribution in [0.15, 0.2) is 12.1 Å². The summed E-state index contributed by atoms with van der Waals surface area (Å²) < 4.78 is 28.3. The molecule has 0 fully saturated rings. The first-order chi connectivity index (χ1) is 8.31. The van der Waals surface area contributed by atoms with E-state index in [2.05, 4.69) is 4.72 Å². The Morgan fingerprint density at radius 2 is 1.61 bits per heavy atom. The van der Waals surface area contributed by atoms with E-state index in [9.17, 15) is 8.42 Å². The zero-order chi connectivity index (χ0) is 13.9. The Hall–Kier alpha value is -1.27. The van der Waals surface area contributed by atoms with Gasteiger partial charge in [0.25, 0.3) is 0 Å². The lowest BCUT2D eigenvalue weighted by molar-refractivity contribution is 0.449. The molecule has 0 saturated carbocycles. The van der Waals surface area contributed by atoms with Crippen molar-refractivity contribution in [1.29, 1.82) is 0 Å². The highest BCUT2D eigenvalue weighted by Crippen LogP contribution is 2.24. The molecule has 0 unspecified atom stereocenters.